The average Bonchev–Trinajstić information content (AvgIpc) is 2.44. The minimum atomic E-state index is 0.800. The smallest absolute Gasteiger partial charge is 0.0238 e. The molecule has 0 spiro atoms. The Kier molecular flexibility index (Phi) is 2.37. The minimum Gasteiger partial charge on any atom is -0.312 e. The highest BCUT2D eigenvalue weighted by Gasteiger charge is 2.38. The van der Waals surface area contributed by atoms with Gasteiger partial charge in [-0.3, -0.25) is 4.90 Å². The van der Waals surface area contributed by atoms with Crippen LogP contribution in [0.5, 0.6) is 0 Å². The summed E-state index contributed by atoms with van der Waals surface area (Å²) in [5, 5.41) is 3.63. The third kappa shape index (κ3) is 1.27. The summed E-state index contributed by atoms with van der Waals surface area (Å²) in [4.78, 5) is 2.60. The molecule has 2 heteroatoms. The number of likely N-dealkylation sites (tertiary alicyclic amines) is 1. The topological polar surface area (TPSA) is 15.3 Å². The summed E-state index contributed by atoms with van der Waals surface area (Å²) in [6, 6.07) is 1.61. The Morgan fingerprint density at radius 3 is 3.00 bits per heavy atom. The minimum absolute atomic E-state index is 0.800. The van der Waals surface area contributed by atoms with Crippen LogP contribution in [0.1, 0.15) is 26.7 Å². The zero-order chi connectivity index (χ0) is 8.55. The number of hydrogen-bond acceptors (Lipinski definition) is 2. The molecule has 0 aromatic carbocycles. The first-order valence-electron chi connectivity index (χ1n) is 5.30. The molecular formula is C10H20N2. The lowest BCUT2D eigenvalue weighted by atomic mass is 9.89. The molecule has 2 aliphatic rings. The molecule has 2 fully saturated rings. The second-order valence-electron chi connectivity index (χ2n) is 4.19. The normalized spacial score (nSPS) is 43.0. The van der Waals surface area contributed by atoms with Crippen LogP contribution < -0.4 is 5.32 Å². The molecule has 3 atom stereocenters. The van der Waals surface area contributed by atoms with E-state index < -0.39 is 0 Å². The third-order valence-corrected chi connectivity index (χ3v) is 3.67. The molecule has 0 bridgehead atoms. The van der Waals surface area contributed by atoms with Gasteiger partial charge >= 0.3 is 0 Å². The molecule has 70 valence electrons. The van der Waals surface area contributed by atoms with Crippen molar-refractivity contribution < 1.29 is 0 Å². The van der Waals surface area contributed by atoms with Crippen molar-refractivity contribution in [3.63, 3.8) is 0 Å². The van der Waals surface area contributed by atoms with E-state index in [-0.39, 0.29) is 0 Å². The van der Waals surface area contributed by atoms with E-state index in [1.807, 2.05) is 0 Å². The van der Waals surface area contributed by atoms with Gasteiger partial charge in [0.1, 0.15) is 0 Å². The maximum absolute atomic E-state index is 3.63. The highest BCUT2D eigenvalue weighted by Crippen LogP contribution is 2.30. The largest absolute Gasteiger partial charge is 0.312 e. The van der Waals surface area contributed by atoms with Crippen molar-refractivity contribution in [2.45, 2.75) is 38.8 Å². The molecule has 0 radical (unpaired) electrons. The van der Waals surface area contributed by atoms with E-state index in [9.17, 15) is 0 Å². The fourth-order valence-corrected chi connectivity index (χ4v) is 2.86. The second kappa shape index (κ2) is 3.35. The first kappa shape index (κ1) is 8.52. The van der Waals surface area contributed by atoms with Gasteiger partial charge in [0.15, 0.2) is 0 Å². The van der Waals surface area contributed by atoms with Crippen molar-refractivity contribution in [3.8, 4) is 0 Å². The maximum atomic E-state index is 3.63. The molecule has 3 unspecified atom stereocenters. The van der Waals surface area contributed by atoms with Crippen molar-refractivity contribution >= 4 is 0 Å². The Hall–Kier alpha value is -0.0800. The molecule has 2 saturated heterocycles. The predicted octanol–water partition coefficient (Wildman–Crippen LogP) is 1.08. The monoisotopic (exact) mass is 168 g/mol. The molecule has 1 N–H and O–H groups in total. The lowest BCUT2D eigenvalue weighted by molar-refractivity contribution is 0.241. The molecule has 0 aromatic heterocycles. The molecule has 2 rings (SSSR count). The number of rotatable bonds is 1. The van der Waals surface area contributed by atoms with Crippen LogP contribution in [0.2, 0.25) is 0 Å². The zero-order valence-electron chi connectivity index (χ0n) is 8.21. The van der Waals surface area contributed by atoms with E-state index in [0.717, 1.165) is 18.0 Å². The van der Waals surface area contributed by atoms with Crippen molar-refractivity contribution in [2.24, 2.45) is 5.92 Å². The Labute approximate surface area is 75.3 Å². The predicted molar refractivity (Wildman–Crippen MR) is 51.2 cm³/mol. The standard InChI is InChI=1S/C10H20N2/c1-3-12-7-10-9(8(12)2)5-4-6-11-10/h8-11H,3-7H2,1-2H3. The van der Waals surface area contributed by atoms with E-state index in [0.29, 0.717) is 0 Å². The molecule has 2 nitrogen and oxygen atoms in total. The van der Waals surface area contributed by atoms with Gasteiger partial charge < -0.3 is 5.32 Å². The van der Waals surface area contributed by atoms with Gasteiger partial charge in [0.2, 0.25) is 0 Å². The van der Waals surface area contributed by atoms with Crippen molar-refractivity contribution in [1.82, 2.24) is 10.2 Å². The molecule has 0 amide bonds. The highest BCUT2D eigenvalue weighted by atomic mass is 15.2. The van der Waals surface area contributed by atoms with Crippen LogP contribution in [-0.4, -0.2) is 36.6 Å². The molecule has 2 heterocycles. The molecule has 0 aromatic rings. The van der Waals surface area contributed by atoms with Crippen LogP contribution in [0.25, 0.3) is 0 Å². The highest BCUT2D eigenvalue weighted by molar-refractivity contribution is 4.96. The van der Waals surface area contributed by atoms with Crippen molar-refractivity contribution in [2.75, 3.05) is 19.6 Å². The van der Waals surface area contributed by atoms with E-state index in [2.05, 4.69) is 24.1 Å². The second-order valence-corrected chi connectivity index (χ2v) is 4.19. The molecule has 0 aliphatic carbocycles. The number of piperidine rings is 1. The Balaban J connectivity index is 2.03. The Morgan fingerprint density at radius 1 is 1.50 bits per heavy atom. The number of nitrogens with zero attached hydrogens (tertiary/aromatic N) is 1. The molecule has 12 heavy (non-hydrogen) atoms. The fourth-order valence-electron chi connectivity index (χ4n) is 2.86. The molecule has 2 aliphatic heterocycles. The van der Waals surface area contributed by atoms with Gasteiger partial charge in [0.25, 0.3) is 0 Å². The van der Waals surface area contributed by atoms with Gasteiger partial charge in [0.05, 0.1) is 0 Å². The molecule has 0 saturated carbocycles. The van der Waals surface area contributed by atoms with Crippen molar-refractivity contribution in [3.05, 3.63) is 0 Å². The van der Waals surface area contributed by atoms with E-state index in [1.165, 1.54) is 32.5 Å². The summed E-state index contributed by atoms with van der Waals surface area (Å²) in [6.45, 7) is 8.40. The summed E-state index contributed by atoms with van der Waals surface area (Å²) in [5.41, 5.74) is 0. The number of hydrogen-bond donors (Lipinski definition) is 1. The van der Waals surface area contributed by atoms with Gasteiger partial charge in [-0.1, -0.05) is 6.92 Å². The quantitative estimate of drug-likeness (QED) is 0.630. The van der Waals surface area contributed by atoms with Gasteiger partial charge in [-0.2, -0.15) is 0 Å². The summed E-state index contributed by atoms with van der Waals surface area (Å²) >= 11 is 0. The maximum Gasteiger partial charge on any atom is 0.0238 e. The van der Waals surface area contributed by atoms with Gasteiger partial charge in [-0.25, -0.2) is 0 Å². The fraction of sp³-hybridized carbons (Fsp3) is 1.00. The Bertz CT molecular complexity index is 156. The van der Waals surface area contributed by atoms with E-state index >= 15 is 0 Å². The Morgan fingerprint density at radius 2 is 2.33 bits per heavy atom. The lowest BCUT2D eigenvalue weighted by Gasteiger charge is -2.28. The summed E-state index contributed by atoms with van der Waals surface area (Å²) in [7, 11) is 0. The van der Waals surface area contributed by atoms with Crippen LogP contribution >= 0.6 is 0 Å². The van der Waals surface area contributed by atoms with E-state index in [1.54, 1.807) is 0 Å². The number of nitrogens with one attached hydrogen (secondary N) is 1. The molecular weight excluding hydrogens is 148 g/mol. The van der Waals surface area contributed by atoms with Crippen LogP contribution in [-0.2, 0) is 0 Å². The lowest BCUT2D eigenvalue weighted by Crippen LogP contribution is -2.41. The summed E-state index contributed by atoms with van der Waals surface area (Å²) in [5.74, 6) is 0.929. The van der Waals surface area contributed by atoms with E-state index in [4.69, 9.17) is 0 Å². The van der Waals surface area contributed by atoms with Crippen LogP contribution in [0.4, 0.5) is 0 Å². The van der Waals surface area contributed by atoms with Gasteiger partial charge in [-0.05, 0) is 38.8 Å². The van der Waals surface area contributed by atoms with Gasteiger partial charge in [0, 0.05) is 18.6 Å². The van der Waals surface area contributed by atoms with Crippen LogP contribution in [0, 0.1) is 5.92 Å². The summed E-state index contributed by atoms with van der Waals surface area (Å²) < 4.78 is 0. The summed E-state index contributed by atoms with van der Waals surface area (Å²) in [6.07, 6.45) is 2.82. The SMILES string of the molecule is CCN1CC2NCCCC2C1C. The van der Waals surface area contributed by atoms with Crippen LogP contribution in [0.15, 0.2) is 0 Å². The van der Waals surface area contributed by atoms with Crippen LogP contribution in [0.3, 0.4) is 0 Å². The third-order valence-electron chi connectivity index (χ3n) is 3.67. The van der Waals surface area contributed by atoms with Crippen molar-refractivity contribution in [1.29, 1.82) is 0 Å². The zero-order valence-corrected chi connectivity index (χ0v) is 8.21. The number of likely N-dealkylation sites (N-methyl/N-ethyl adjacent to an activating group) is 1. The average molecular weight is 168 g/mol. The number of fused-ring (bicyclic) bond motifs is 1. The first-order valence-corrected chi connectivity index (χ1v) is 5.30. The van der Waals surface area contributed by atoms with Gasteiger partial charge in [-0.15, -0.1) is 0 Å². The first-order chi connectivity index (χ1) is 5.83.